The van der Waals surface area contributed by atoms with Crippen molar-refractivity contribution in [1.82, 2.24) is 4.90 Å². The summed E-state index contributed by atoms with van der Waals surface area (Å²) in [4.78, 5) is 17.5. The maximum Gasteiger partial charge on any atom is 0.203 e. The number of methoxy groups -OCH3 is 3. The fourth-order valence-corrected chi connectivity index (χ4v) is 4.13. The van der Waals surface area contributed by atoms with Crippen molar-refractivity contribution < 1.29 is 19.0 Å². The van der Waals surface area contributed by atoms with Gasteiger partial charge >= 0.3 is 0 Å². The number of ketones is 1. The molecule has 3 rings (SSSR count). The molecule has 2 aromatic rings. The second kappa shape index (κ2) is 12.2. The van der Waals surface area contributed by atoms with Gasteiger partial charge in [-0.25, -0.2) is 0 Å². The Morgan fingerprint density at radius 3 is 2.00 bits per heavy atom. The molecule has 1 aliphatic rings. The van der Waals surface area contributed by atoms with E-state index >= 15 is 0 Å². The highest BCUT2D eigenvalue weighted by atomic mass is 35.5. The first-order valence-corrected chi connectivity index (χ1v) is 11.4. The second-order valence-corrected chi connectivity index (χ2v) is 7.84. The zero-order chi connectivity index (χ0) is 23.8. The molecule has 1 unspecified atom stereocenters. The van der Waals surface area contributed by atoms with Crippen molar-refractivity contribution >= 4 is 34.7 Å². The summed E-state index contributed by atoms with van der Waals surface area (Å²) in [6.07, 6.45) is 0. The molecule has 8 heteroatoms. The molecule has 0 amide bonds. The van der Waals surface area contributed by atoms with Crippen LogP contribution in [0, 0.1) is 0 Å². The molecule has 0 aliphatic carbocycles. The Bertz CT molecular complexity index is 890. The van der Waals surface area contributed by atoms with Gasteiger partial charge in [0.15, 0.2) is 17.3 Å². The fourth-order valence-electron chi connectivity index (χ4n) is 3.72. The molecule has 0 spiro atoms. The third kappa shape index (κ3) is 5.61. The predicted molar refractivity (Wildman–Crippen MR) is 131 cm³/mol. The van der Waals surface area contributed by atoms with Crippen LogP contribution in [0.3, 0.4) is 0 Å². The van der Waals surface area contributed by atoms with Crippen LogP contribution < -0.4 is 19.1 Å². The lowest BCUT2D eigenvalue weighted by molar-refractivity contribution is 0.0829. The SMILES string of the molecule is CC.COc1cc(C(=O)C(C)N2CCN(c3cccc(Cl)c3Cl)CC2)cc(OC)c1OC. The Morgan fingerprint density at radius 1 is 0.938 bits per heavy atom. The van der Waals surface area contributed by atoms with Crippen LogP contribution in [0.4, 0.5) is 5.69 Å². The van der Waals surface area contributed by atoms with Gasteiger partial charge in [-0.3, -0.25) is 9.69 Å². The quantitative estimate of drug-likeness (QED) is 0.489. The first kappa shape index (κ1) is 26.1. The summed E-state index contributed by atoms with van der Waals surface area (Å²) in [6.45, 7) is 8.91. The summed E-state index contributed by atoms with van der Waals surface area (Å²) in [5.41, 5.74) is 1.45. The maximum atomic E-state index is 13.2. The van der Waals surface area contributed by atoms with Crippen molar-refractivity contribution in [2.24, 2.45) is 0 Å². The number of hydrogen-bond acceptors (Lipinski definition) is 6. The van der Waals surface area contributed by atoms with Crippen LogP contribution >= 0.6 is 23.2 Å². The summed E-state index contributed by atoms with van der Waals surface area (Å²) >= 11 is 12.5. The Kier molecular flexibility index (Phi) is 9.94. The highest BCUT2D eigenvalue weighted by Crippen LogP contribution is 2.39. The average Bonchev–Trinajstić information content (AvgIpc) is 2.85. The van der Waals surface area contributed by atoms with Gasteiger partial charge in [0.2, 0.25) is 5.75 Å². The van der Waals surface area contributed by atoms with E-state index < -0.39 is 0 Å². The monoisotopic (exact) mass is 482 g/mol. The van der Waals surface area contributed by atoms with Gasteiger partial charge in [-0.2, -0.15) is 0 Å². The summed E-state index contributed by atoms with van der Waals surface area (Å²) < 4.78 is 16.1. The van der Waals surface area contributed by atoms with Gasteiger partial charge in [0.25, 0.3) is 0 Å². The minimum atomic E-state index is -0.287. The molecule has 2 aromatic carbocycles. The molecule has 1 fully saturated rings. The number of benzene rings is 2. The summed E-state index contributed by atoms with van der Waals surface area (Å²) in [5.74, 6) is 1.40. The predicted octanol–water partition coefficient (Wildman–Crippen LogP) is 5.44. The molecule has 176 valence electrons. The van der Waals surface area contributed by atoms with Gasteiger partial charge in [0, 0.05) is 31.7 Å². The number of hydrogen-bond donors (Lipinski definition) is 0. The van der Waals surface area contributed by atoms with Crippen LogP contribution in [0.25, 0.3) is 0 Å². The highest BCUT2D eigenvalue weighted by Gasteiger charge is 2.28. The van der Waals surface area contributed by atoms with E-state index in [0.29, 0.717) is 32.9 Å². The number of anilines is 1. The van der Waals surface area contributed by atoms with Gasteiger partial charge < -0.3 is 19.1 Å². The van der Waals surface area contributed by atoms with E-state index in [-0.39, 0.29) is 11.8 Å². The minimum absolute atomic E-state index is 0.00323. The normalized spacial score (nSPS) is 14.8. The lowest BCUT2D eigenvalue weighted by atomic mass is 10.0. The third-order valence-electron chi connectivity index (χ3n) is 5.46. The number of halogens is 2. The number of piperazine rings is 1. The Balaban J connectivity index is 0.00000176. The first-order chi connectivity index (χ1) is 15.4. The van der Waals surface area contributed by atoms with E-state index in [4.69, 9.17) is 37.4 Å². The maximum absolute atomic E-state index is 13.2. The Hall–Kier alpha value is -2.15. The van der Waals surface area contributed by atoms with E-state index in [1.165, 1.54) is 21.3 Å². The van der Waals surface area contributed by atoms with Crippen LogP contribution in [0.2, 0.25) is 10.0 Å². The number of Topliss-reactive ketones (excluding diaryl/α,β-unsaturated/α-hetero) is 1. The number of carbonyl (C=O) groups is 1. The van der Waals surface area contributed by atoms with Crippen molar-refractivity contribution in [3.8, 4) is 17.2 Å². The summed E-state index contributed by atoms with van der Waals surface area (Å²) in [5, 5.41) is 1.11. The van der Waals surface area contributed by atoms with Crippen LogP contribution in [0.15, 0.2) is 30.3 Å². The molecule has 0 N–H and O–H groups in total. The van der Waals surface area contributed by atoms with Crippen molar-refractivity contribution in [1.29, 1.82) is 0 Å². The topological polar surface area (TPSA) is 51.2 Å². The fraction of sp³-hybridized carbons (Fsp3) is 0.458. The van der Waals surface area contributed by atoms with Crippen molar-refractivity contribution in [2.45, 2.75) is 26.8 Å². The van der Waals surface area contributed by atoms with Crippen LogP contribution in [-0.4, -0.2) is 64.2 Å². The summed E-state index contributed by atoms with van der Waals surface area (Å²) in [7, 11) is 4.61. The molecule has 1 saturated heterocycles. The first-order valence-electron chi connectivity index (χ1n) is 10.7. The lowest BCUT2D eigenvalue weighted by Gasteiger charge is -2.39. The van der Waals surface area contributed by atoms with Crippen molar-refractivity contribution in [3.05, 3.63) is 45.9 Å². The molecule has 1 aliphatic heterocycles. The van der Waals surface area contributed by atoms with Crippen molar-refractivity contribution in [3.63, 3.8) is 0 Å². The number of ether oxygens (including phenoxy) is 3. The zero-order valence-corrected chi connectivity index (χ0v) is 21.1. The standard InChI is InChI=1S/C22H26Cl2N2O4.C2H6/c1-14(21(27)15-12-18(28-2)22(30-4)19(13-15)29-3)25-8-10-26(11-9-25)17-7-5-6-16(23)20(17)24;1-2/h5-7,12-14H,8-11H2,1-4H3;1-2H3. The largest absolute Gasteiger partial charge is 0.493 e. The van der Waals surface area contributed by atoms with Crippen molar-refractivity contribution in [2.75, 3.05) is 52.4 Å². The molecule has 0 bridgehead atoms. The van der Waals surface area contributed by atoms with Gasteiger partial charge in [-0.1, -0.05) is 43.1 Å². The zero-order valence-electron chi connectivity index (χ0n) is 19.6. The van der Waals surface area contributed by atoms with Crippen LogP contribution in [-0.2, 0) is 0 Å². The van der Waals surface area contributed by atoms with E-state index in [9.17, 15) is 4.79 Å². The molecule has 1 heterocycles. The molecular formula is C24H32Cl2N2O4. The smallest absolute Gasteiger partial charge is 0.203 e. The third-order valence-corrected chi connectivity index (χ3v) is 6.27. The number of carbonyl (C=O) groups excluding carboxylic acids is 1. The molecule has 0 radical (unpaired) electrons. The van der Waals surface area contributed by atoms with Crippen LogP contribution in [0.1, 0.15) is 31.1 Å². The lowest BCUT2D eigenvalue weighted by Crippen LogP contribution is -2.51. The minimum Gasteiger partial charge on any atom is -0.493 e. The van der Waals surface area contributed by atoms with Gasteiger partial charge in [-0.15, -0.1) is 0 Å². The number of nitrogens with zero attached hydrogens (tertiary/aromatic N) is 2. The van der Waals surface area contributed by atoms with Crippen LogP contribution in [0.5, 0.6) is 17.2 Å². The number of rotatable bonds is 7. The molecule has 32 heavy (non-hydrogen) atoms. The molecule has 0 saturated carbocycles. The van der Waals surface area contributed by atoms with E-state index in [2.05, 4.69) is 9.80 Å². The molecule has 6 nitrogen and oxygen atoms in total. The van der Waals surface area contributed by atoms with E-state index in [1.807, 2.05) is 32.9 Å². The Labute approximate surface area is 200 Å². The average molecular weight is 483 g/mol. The summed E-state index contributed by atoms with van der Waals surface area (Å²) in [6, 6.07) is 8.75. The second-order valence-electron chi connectivity index (χ2n) is 7.05. The Morgan fingerprint density at radius 2 is 1.50 bits per heavy atom. The van der Waals surface area contributed by atoms with E-state index in [1.54, 1.807) is 18.2 Å². The van der Waals surface area contributed by atoms with Gasteiger partial charge in [-0.05, 0) is 31.2 Å². The molecule has 1 atom stereocenters. The van der Waals surface area contributed by atoms with Gasteiger partial charge in [0.1, 0.15) is 0 Å². The molecule has 0 aromatic heterocycles. The molecular weight excluding hydrogens is 451 g/mol. The van der Waals surface area contributed by atoms with E-state index in [0.717, 1.165) is 31.9 Å². The highest BCUT2D eigenvalue weighted by molar-refractivity contribution is 6.43. The van der Waals surface area contributed by atoms with Gasteiger partial charge in [0.05, 0.1) is 43.1 Å².